The SMILES string of the molecule is CNC(C)(C)c1cncn1C(C)C1CCCC1. The predicted octanol–water partition coefficient (Wildman–Crippen LogP) is 3.09. The van der Waals surface area contributed by atoms with Crippen LogP contribution in [-0.4, -0.2) is 16.6 Å². The van der Waals surface area contributed by atoms with Gasteiger partial charge in [-0.3, -0.25) is 0 Å². The van der Waals surface area contributed by atoms with E-state index in [1.165, 1.54) is 31.4 Å². The maximum absolute atomic E-state index is 4.35. The van der Waals surface area contributed by atoms with Gasteiger partial charge in [0.05, 0.1) is 23.8 Å². The second-order valence-corrected chi connectivity index (χ2v) is 5.85. The van der Waals surface area contributed by atoms with E-state index in [4.69, 9.17) is 0 Å². The van der Waals surface area contributed by atoms with Crippen molar-refractivity contribution < 1.29 is 0 Å². The van der Waals surface area contributed by atoms with E-state index in [1.54, 1.807) is 0 Å². The van der Waals surface area contributed by atoms with Gasteiger partial charge in [-0.1, -0.05) is 12.8 Å². The highest BCUT2D eigenvalue weighted by Gasteiger charge is 2.28. The molecule has 1 saturated carbocycles. The van der Waals surface area contributed by atoms with Crippen molar-refractivity contribution in [3.63, 3.8) is 0 Å². The van der Waals surface area contributed by atoms with Gasteiger partial charge in [0.1, 0.15) is 0 Å². The van der Waals surface area contributed by atoms with Crippen molar-refractivity contribution in [2.75, 3.05) is 7.05 Å². The summed E-state index contributed by atoms with van der Waals surface area (Å²) in [7, 11) is 2.01. The topological polar surface area (TPSA) is 29.9 Å². The zero-order valence-electron chi connectivity index (χ0n) is 11.5. The van der Waals surface area contributed by atoms with Crippen LogP contribution in [0.1, 0.15) is 58.2 Å². The molecule has 0 saturated heterocycles. The molecule has 0 radical (unpaired) electrons. The highest BCUT2D eigenvalue weighted by molar-refractivity contribution is 5.12. The van der Waals surface area contributed by atoms with Gasteiger partial charge < -0.3 is 9.88 Å². The molecule has 3 nitrogen and oxygen atoms in total. The third-order valence-electron chi connectivity index (χ3n) is 4.45. The van der Waals surface area contributed by atoms with Crippen molar-refractivity contribution in [1.29, 1.82) is 0 Å². The molecule has 1 fully saturated rings. The lowest BCUT2D eigenvalue weighted by molar-refractivity contribution is 0.322. The van der Waals surface area contributed by atoms with E-state index in [1.807, 2.05) is 19.6 Å². The summed E-state index contributed by atoms with van der Waals surface area (Å²) < 4.78 is 2.37. The maximum atomic E-state index is 4.35. The van der Waals surface area contributed by atoms with Crippen molar-refractivity contribution >= 4 is 0 Å². The minimum Gasteiger partial charge on any atom is -0.330 e. The summed E-state index contributed by atoms with van der Waals surface area (Å²) in [6.07, 6.45) is 9.54. The molecule has 1 N–H and O–H groups in total. The van der Waals surface area contributed by atoms with Crippen LogP contribution in [0.5, 0.6) is 0 Å². The predicted molar refractivity (Wildman–Crippen MR) is 71.0 cm³/mol. The van der Waals surface area contributed by atoms with Crippen molar-refractivity contribution in [1.82, 2.24) is 14.9 Å². The van der Waals surface area contributed by atoms with Crippen LogP contribution in [0, 0.1) is 5.92 Å². The Hall–Kier alpha value is -0.830. The van der Waals surface area contributed by atoms with Gasteiger partial charge in [0.25, 0.3) is 0 Å². The summed E-state index contributed by atoms with van der Waals surface area (Å²) in [5.41, 5.74) is 1.28. The van der Waals surface area contributed by atoms with Crippen LogP contribution in [-0.2, 0) is 5.54 Å². The summed E-state index contributed by atoms with van der Waals surface area (Å²) in [4.78, 5) is 4.35. The first-order valence-corrected chi connectivity index (χ1v) is 6.77. The minimum atomic E-state index is -0.0106. The van der Waals surface area contributed by atoms with Crippen LogP contribution >= 0.6 is 0 Å². The third kappa shape index (κ3) is 2.39. The molecule has 1 aliphatic carbocycles. The highest BCUT2D eigenvalue weighted by Crippen LogP contribution is 2.35. The van der Waals surface area contributed by atoms with Gasteiger partial charge in [-0.2, -0.15) is 0 Å². The largest absolute Gasteiger partial charge is 0.330 e. The van der Waals surface area contributed by atoms with Crippen LogP contribution in [0.25, 0.3) is 0 Å². The van der Waals surface area contributed by atoms with E-state index in [-0.39, 0.29) is 5.54 Å². The molecular weight excluding hydrogens is 210 g/mol. The highest BCUT2D eigenvalue weighted by atomic mass is 15.1. The Labute approximate surface area is 105 Å². The first-order chi connectivity index (χ1) is 8.06. The number of nitrogens with zero attached hydrogens (tertiary/aromatic N) is 2. The molecule has 1 aromatic heterocycles. The Balaban J connectivity index is 2.23. The number of nitrogens with one attached hydrogen (secondary N) is 1. The molecule has 0 aliphatic heterocycles. The van der Waals surface area contributed by atoms with E-state index in [9.17, 15) is 0 Å². The molecule has 1 aromatic rings. The molecule has 1 unspecified atom stereocenters. The van der Waals surface area contributed by atoms with Gasteiger partial charge in [-0.05, 0) is 46.6 Å². The fourth-order valence-electron chi connectivity index (χ4n) is 2.91. The average molecular weight is 235 g/mol. The van der Waals surface area contributed by atoms with Crippen molar-refractivity contribution in [3.8, 4) is 0 Å². The molecule has 0 bridgehead atoms. The van der Waals surface area contributed by atoms with Crippen LogP contribution < -0.4 is 5.32 Å². The van der Waals surface area contributed by atoms with Gasteiger partial charge >= 0.3 is 0 Å². The summed E-state index contributed by atoms with van der Waals surface area (Å²) in [5, 5.41) is 3.37. The molecular formula is C14H25N3. The normalized spacial score (nSPS) is 19.8. The number of hydrogen-bond donors (Lipinski definition) is 1. The summed E-state index contributed by atoms with van der Waals surface area (Å²) in [5.74, 6) is 0.829. The number of rotatable bonds is 4. The number of aromatic nitrogens is 2. The summed E-state index contributed by atoms with van der Waals surface area (Å²) >= 11 is 0. The third-order valence-corrected chi connectivity index (χ3v) is 4.45. The molecule has 0 spiro atoms. The zero-order chi connectivity index (χ0) is 12.5. The molecule has 96 valence electrons. The molecule has 1 heterocycles. The molecule has 17 heavy (non-hydrogen) atoms. The van der Waals surface area contributed by atoms with Gasteiger partial charge in [-0.15, -0.1) is 0 Å². The lowest BCUT2D eigenvalue weighted by Crippen LogP contribution is -2.36. The quantitative estimate of drug-likeness (QED) is 0.869. The van der Waals surface area contributed by atoms with Crippen molar-refractivity contribution in [2.24, 2.45) is 5.92 Å². The Morgan fingerprint density at radius 3 is 2.65 bits per heavy atom. The first kappa shape index (κ1) is 12.6. The second kappa shape index (κ2) is 4.81. The Morgan fingerprint density at radius 2 is 2.06 bits per heavy atom. The monoisotopic (exact) mass is 235 g/mol. The van der Waals surface area contributed by atoms with Gasteiger partial charge in [-0.25, -0.2) is 4.98 Å². The van der Waals surface area contributed by atoms with Crippen LogP contribution in [0.4, 0.5) is 0 Å². The van der Waals surface area contributed by atoms with E-state index in [2.05, 4.69) is 35.6 Å². The lowest BCUT2D eigenvalue weighted by atomic mass is 9.96. The van der Waals surface area contributed by atoms with Gasteiger partial charge in [0.15, 0.2) is 0 Å². The first-order valence-electron chi connectivity index (χ1n) is 6.77. The standard InChI is InChI=1S/C14H25N3/c1-11(12-7-5-6-8-12)17-10-16-9-13(17)14(2,3)15-4/h9-12,15H,5-8H2,1-4H3. The maximum Gasteiger partial charge on any atom is 0.0951 e. The second-order valence-electron chi connectivity index (χ2n) is 5.85. The fraction of sp³-hybridized carbons (Fsp3) is 0.786. The fourth-order valence-corrected chi connectivity index (χ4v) is 2.91. The molecule has 0 amide bonds. The van der Waals surface area contributed by atoms with Crippen molar-refractivity contribution in [2.45, 2.75) is 58.0 Å². The molecule has 1 atom stereocenters. The van der Waals surface area contributed by atoms with Crippen LogP contribution in [0.2, 0.25) is 0 Å². The zero-order valence-corrected chi connectivity index (χ0v) is 11.5. The smallest absolute Gasteiger partial charge is 0.0951 e. The molecule has 3 heteroatoms. The van der Waals surface area contributed by atoms with Crippen LogP contribution in [0.3, 0.4) is 0 Å². The Kier molecular flexibility index (Phi) is 3.57. The summed E-state index contributed by atoms with van der Waals surface area (Å²) in [6.45, 7) is 6.76. The molecule has 0 aromatic carbocycles. The molecule has 1 aliphatic rings. The number of hydrogen-bond acceptors (Lipinski definition) is 2. The minimum absolute atomic E-state index is 0.0106. The van der Waals surface area contributed by atoms with E-state index < -0.39 is 0 Å². The van der Waals surface area contributed by atoms with Crippen molar-refractivity contribution in [3.05, 3.63) is 18.2 Å². The number of imidazole rings is 1. The van der Waals surface area contributed by atoms with Crippen LogP contribution in [0.15, 0.2) is 12.5 Å². The van der Waals surface area contributed by atoms with E-state index >= 15 is 0 Å². The molecule has 2 rings (SSSR count). The summed E-state index contributed by atoms with van der Waals surface area (Å²) in [6, 6.07) is 0.572. The van der Waals surface area contributed by atoms with E-state index in [0.29, 0.717) is 6.04 Å². The Morgan fingerprint density at radius 1 is 1.41 bits per heavy atom. The van der Waals surface area contributed by atoms with Gasteiger partial charge in [0.2, 0.25) is 0 Å². The lowest BCUT2D eigenvalue weighted by Gasteiger charge is -2.30. The van der Waals surface area contributed by atoms with E-state index in [0.717, 1.165) is 5.92 Å². The Bertz CT molecular complexity index is 361. The van der Waals surface area contributed by atoms with Gasteiger partial charge in [0, 0.05) is 6.04 Å². The average Bonchev–Trinajstić information content (AvgIpc) is 2.99.